The van der Waals surface area contributed by atoms with Gasteiger partial charge in [-0.05, 0) is 44.0 Å². The molecule has 3 aromatic rings. The molecular weight excluding hydrogens is 426 g/mol. The Morgan fingerprint density at radius 1 is 1.03 bits per heavy atom. The van der Waals surface area contributed by atoms with Gasteiger partial charge in [0.2, 0.25) is 5.06 Å². The van der Waals surface area contributed by atoms with Gasteiger partial charge in [-0.15, -0.1) is 0 Å². The number of Topliss-reactive ketones (excluding diaryl/α,β-unsaturated/α-hetero) is 1. The Morgan fingerprint density at radius 3 is 2.27 bits per heavy atom. The standard InChI is InChI=1S/C21H19NO6S2/c1-12-4-9-19(13(2)10-12)30(26,27)22-17-11-18(29-20(17)28-21(24)25)16-7-5-15(6-8-16)14(3)23/h4-11,22H,1-3H3,(H,24,25). The van der Waals surface area contributed by atoms with Crippen molar-refractivity contribution in [1.82, 2.24) is 0 Å². The van der Waals surface area contributed by atoms with Crippen LogP contribution in [0.15, 0.2) is 53.4 Å². The Bertz CT molecular complexity index is 1230. The molecule has 9 heteroatoms. The predicted molar refractivity (Wildman–Crippen MR) is 115 cm³/mol. The first-order chi connectivity index (χ1) is 14.1. The van der Waals surface area contributed by atoms with Crippen LogP contribution in [0.1, 0.15) is 28.4 Å². The van der Waals surface area contributed by atoms with Crippen molar-refractivity contribution in [2.45, 2.75) is 25.7 Å². The minimum absolute atomic E-state index is 0.0213. The lowest BCUT2D eigenvalue weighted by atomic mass is 10.1. The summed E-state index contributed by atoms with van der Waals surface area (Å²) in [5, 5.41) is 8.93. The molecule has 0 bridgehead atoms. The first kappa shape index (κ1) is 21.5. The Morgan fingerprint density at radius 2 is 1.70 bits per heavy atom. The second kappa shape index (κ2) is 8.29. The smallest absolute Gasteiger partial charge is 0.449 e. The number of aryl methyl sites for hydroxylation is 2. The summed E-state index contributed by atoms with van der Waals surface area (Å²) in [5.74, 6) is -0.0791. The molecule has 0 aliphatic heterocycles. The van der Waals surface area contributed by atoms with Gasteiger partial charge in [0, 0.05) is 10.4 Å². The van der Waals surface area contributed by atoms with Gasteiger partial charge in [-0.1, -0.05) is 53.3 Å². The number of sulfonamides is 1. The van der Waals surface area contributed by atoms with Gasteiger partial charge in [-0.3, -0.25) is 9.52 Å². The number of ketones is 1. The van der Waals surface area contributed by atoms with Crippen LogP contribution in [-0.2, 0) is 10.0 Å². The highest BCUT2D eigenvalue weighted by atomic mass is 32.2. The van der Waals surface area contributed by atoms with Crippen molar-refractivity contribution in [3.8, 4) is 15.5 Å². The average molecular weight is 446 g/mol. The van der Waals surface area contributed by atoms with E-state index in [1.54, 1.807) is 43.3 Å². The van der Waals surface area contributed by atoms with E-state index in [-0.39, 0.29) is 21.4 Å². The largest absolute Gasteiger partial charge is 0.512 e. The summed E-state index contributed by atoms with van der Waals surface area (Å²) in [4.78, 5) is 23.2. The topological polar surface area (TPSA) is 110 Å². The first-order valence-electron chi connectivity index (χ1n) is 8.83. The molecular formula is C21H19NO6S2. The van der Waals surface area contributed by atoms with Crippen LogP contribution in [0.3, 0.4) is 0 Å². The highest BCUT2D eigenvalue weighted by molar-refractivity contribution is 7.92. The third-order valence-electron chi connectivity index (χ3n) is 4.32. The summed E-state index contributed by atoms with van der Waals surface area (Å²) in [6.07, 6.45) is -1.55. The molecule has 7 nitrogen and oxygen atoms in total. The van der Waals surface area contributed by atoms with Crippen molar-refractivity contribution in [2.75, 3.05) is 4.72 Å². The second-order valence-corrected chi connectivity index (χ2v) is 9.35. The van der Waals surface area contributed by atoms with E-state index in [1.807, 2.05) is 6.92 Å². The molecule has 0 radical (unpaired) electrons. The Hall–Kier alpha value is -3.17. The predicted octanol–water partition coefficient (Wildman–Crippen LogP) is 5.09. The van der Waals surface area contributed by atoms with Gasteiger partial charge in [-0.2, -0.15) is 0 Å². The maximum absolute atomic E-state index is 12.9. The van der Waals surface area contributed by atoms with Crippen LogP contribution < -0.4 is 9.46 Å². The zero-order valence-corrected chi connectivity index (χ0v) is 18.1. The summed E-state index contributed by atoms with van der Waals surface area (Å²) in [6, 6.07) is 13.1. The van der Waals surface area contributed by atoms with E-state index in [2.05, 4.69) is 4.72 Å². The van der Waals surface area contributed by atoms with E-state index in [9.17, 15) is 18.0 Å². The van der Waals surface area contributed by atoms with Crippen molar-refractivity contribution < 1.29 is 27.9 Å². The fourth-order valence-corrected chi connectivity index (χ4v) is 5.22. The van der Waals surface area contributed by atoms with E-state index in [1.165, 1.54) is 19.1 Å². The normalized spacial score (nSPS) is 11.2. The van der Waals surface area contributed by atoms with Crippen LogP contribution in [0, 0.1) is 13.8 Å². The highest BCUT2D eigenvalue weighted by Gasteiger charge is 2.22. The molecule has 1 heterocycles. The number of nitrogens with one attached hydrogen (secondary N) is 1. The second-order valence-electron chi connectivity index (χ2n) is 6.69. The van der Waals surface area contributed by atoms with E-state index >= 15 is 0 Å². The molecule has 0 fully saturated rings. The Kier molecular flexibility index (Phi) is 5.95. The maximum Gasteiger partial charge on any atom is 0.512 e. The molecule has 0 saturated heterocycles. The number of benzene rings is 2. The number of rotatable bonds is 6. The van der Waals surface area contributed by atoms with Gasteiger partial charge in [0.05, 0.1) is 4.90 Å². The number of hydrogen-bond donors (Lipinski definition) is 2. The van der Waals surface area contributed by atoms with Crippen molar-refractivity contribution in [3.05, 3.63) is 65.2 Å². The van der Waals surface area contributed by atoms with Crippen LogP contribution in [0.4, 0.5) is 10.5 Å². The maximum atomic E-state index is 12.9. The Labute approximate surface area is 178 Å². The summed E-state index contributed by atoms with van der Waals surface area (Å²) in [7, 11) is -3.97. The minimum Gasteiger partial charge on any atom is -0.449 e. The lowest BCUT2D eigenvalue weighted by molar-refractivity contribution is 0.101. The average Bonchev–Trinajstić information content (AvgIpc) is 3.02. The Balaban J connectivity index is 2.00. The molecule has 2 aromatic carbocycles. The summed E-state index contributed by atoms with van der Waals surface area (Å²) in [6.45, 7) is 5.00. The van der Waals surface area contributed by atoms with E-state index in [0.717, 1.165) is 16.9 Å². The molecule has 156 valence electrons. The molecule has 0 atom stereocenters. The number of ether oxygens (including phenoxy) is 1. The highest BCUT2D eigenvalue weighted by Crippen LogP contribution is 2.42. The van der Waals surface area contributed by atoms with Crippen LogP contribution in [0.5, 0.6) is 5.06 Å². The molecule has 0 saturated carbocycles. The monoisotopic (exact) mass is 445 g/mol. The van der Waals surface area contributed by atoms with Crippen LogP contribution in [0.25, 0.3) is 10.4 Å². The summed E-state index contributed by atoms with van der Waals surface area (Å²) >= 11 is 0.983. The molecule has 0 aliphatic rings. The van der Waals surface area contributed by atoms with Gasteiger partial charge < -0.3 is 9.84 Å². The summed E-state index contributed by atoms with van der Waals surface area (Å²) < 4.78 is 33.0. The van der Waals surface area contributed by atoms with Gasteiger partial charge in [0.25, 0.3) is 10.0 Å². The quantitative estimate of drug-likeness (QED) is 0.404. The SMILES string of the molecule is CC(=O)c1ccc(-c2cc(NS(=O)(=O)c3ccc(C)cc3C)c(OC(=O)O)s2)cc1. The van der Waals surface area contributed by atoms with Gasteiger partial charge >= 0.3 is 6.16 Å². The van der Waals surface area contributed by atoms with Crippen molar-refractivity contribution in [1.29, 1.82) is 0 Å². The number of carboxylic acid groups (broad SMARTS) is 1. The molecule has 0 amide bonds. The van der Waals surface area contributed by atoms with Crippen molar-refractivity contribution in [3.63, 3.8) is 0 Å². The van der Waals surface area contributed by atoms with Crippen molar-refractivity contribution >= 4 is 39.0 Å². The minimum atomic E-state index is -3.97. The fraction of sp³-hybridized carbons (Fsp3) is 0.143. The fourth-order valence-electron chi connectivity index (χ4n) is 2.91. The molecule has 1 aromatic heterocycles. The lowest BCUT2D eigenvalue weighted by Gasteiger charge is -2.10. The third-order valence-corrected chi connectivity index (χ3v) is 6.91. The van der Waals surface area contributed by atoms with E-state index in [4.69, 9.17) is 9.84 Å². The summed E-state index contributed by atoms with van der Waals surface area (Å²) in [5.41, 5.74) is 2.74. The number of hydrogen-bond acceptors (Lipinski definition) is 6. The van der Waals surface area contributed by atoms with Crippen LogP contribution in [0.2, 0.25) is 0 Å². The third kappa shape index (κ3) is 4.69. The van der Waals surface area contributed by atoms with E-state index in [0.29, 0.717) is 21.6 Å². The molecule has 30 heavy (non-hydrogen) atoms. The number of carbonyl (C=O) groups is 2. The van der Waals surface area contributed by atoms with Crippen LogP contribution >= 0.6 is 11.3 Å². The van der Waals surface area contributed by atoms with Gasteiger partial charge in [-0.25, -0.2) is 13.2 Å². The van der Waals surface area contributed by atoms with E-state index < -0.39 is 16.2 Å². The first-order valence-corrected chi connectivity index (χ1v) is 11.1. The lowest BCUT2D eigenvalue weighted by Crippen LogP contribution is -2.15. The number of thiophene rings is 1. The molecule has 0 unspecified atom stereocenters. The zero-order valence-electron chi connectivity index (χ0n) is 16.4. The van der Waals surface area contributed by atoms with Gasteiger partial charge in [0.1, 0.15) is 5.69 Å². The van der Waals surface area contributed by atoms with Crippen molar-refractivity contribution in [2.24, 2.45) is 0 Å². The molecule has 0 spiro atoms. The number of carbonyl (C=O) groups excluding carboxylic acids is 1. The number of anilines is 1. The zero-order chi connectivity index (χ0) is 22.1. The molecule has 2 N–H and O–H groups in total. The van der Waals surface area contributed by atoms with Crippen LogP contribution in [-0.4, -0.2) is 25.5 Å². The van der Waals surface area contributed by atoms with Gasteiger partial charge in [0.15, 0.2) is 5.78 Å². The molecule has 3 rings (SSSR count). The molecule has 0 aliphatic carbocycles.